The average Bonchev–Trinajstić information content (AvgIpc) is 3.37. The molecule has 1 saturated carbocycles. The van der Waals surface area contributed by atoms with Gasteiger partial charge in [0.1, 0.15) is 0 Å². The number of hydrogen-bond donors (Lipinski definition) is 3. The summed E-state index contributed by atoms with van der Waals surface area (Å²) in [4.78, 5) is 20.2. The number of carbonyl (C=O) groups excluding carboxylic acids is 1. The molecule has 0 spiro atoms. The molecule has 0 radical (unpaired) electrons. The maximum atomic E-state index is 14.5. The number of halogens is 1. The number of methoxy groups -OCH3 is 3. The first-order valence-electron chi connectivity index (χ1n) is 9.79. The summed E-state index contributed by atoms with van der Waals surface area (Å²) in [6, 6.07) is 3.06. The van der Waals surface area contributed by atoms with Gasteiger partial charge in [-0.25, -0.2) is 9.37 Å². The number of amides is 1. The van der Waals surface area contributed by atoms with E-state index in [9.17, 15) is 9.18 Å². The third kappa shape index (κ3) is 3.80. The normalized spacial score (nSPS) is 23.5. The monoisotopic (exact) mass is 429 g/mol. The van der Waals surface area contributed by atoms with E-state index in [1.165, 1.54) is 21.3 Å². The van der Waals surface area contributed by atoms with Crippen LogP contribution in [0.1, 0.15) is 6.42 Å². The fraction of sp³-hybridized carbons (Fsp3) is 0.381. The van der Waals surface area contributed by atoms with Crippen LogP contribution in [-0.4, -0.2) is 43.2 Å². The van der Waals surface area contributed by atoms with Crippen molar-refractivity contribution < 1.29 is 23.4 Å². The van der Waals surface area contributed by atoms with E-state index < -0.39 is 17.6 Å². The van der Waals surface area contributed by atoms with E-state index in [1.807, 2.05) is 12.2 Å². The van der Waals surface area contributed by atoms with Gasteiger partial charge in [-0.3, -0.25) is 4.79 Å². The van der Waals surface area contributed by atoms with Crippen LogP contribution in [0, 0.1) is 23.6 Å². The summed E-state index contributed by atoms with van der Waals surface area (Å²) in [6.45, 7) is 0. The molecule has 31 heavy (non-hydrogen) atoms. The first kappa shape index (κ1) is 20.7. The lowest BCUT2D eigenvalue weighted by Gasteiger charge is -2.27. The average molecular weight is 429 g/mol. The van der Waals surface area contributed by atoms with Gasteiger partial charge < -0.3 is 30.6 Å². The third-order valence-corrected chi connectivity index (χ3v) is 5.76. The molecule has 1 heterocycles. The molecule has 9 nitrogen and oxygen atoms in total. The minimum atomic E-state index is -0.620. The van der Waals surface area contributed by atoms with E-state index >= 15 is 0 Å². The zero-order valence-corrected chi connectivity index (χ0v) is 17.4. The van der Waals surface area contributed by atoms with Gasteiger partial charge in [0, 0.05) is 23.9 Å². The molecule has 1 aromatic heterocycles. The lowest BCUT2D eigenvalue weighted by Crippen LogP contribution is -2.41. The molecule has 2 bridgehead atoms. The molecule has 10 heteroatoms. The molecule has 0 aliphatic heterocycles. The molecule has 2 aliphatic carbocycles. The first-order valence-corrected chi connectivity index (χ1v) is 9.79. The van der Waals surface area contributed by atoms with Crippen molar-refractivity contribution in [2.24, 2.45) is 23.5 Å². The van der Waals surface area contributed by atoms with Crippen LogP contribution < -0.4 is 30.6 Å². The SMILES string of the molecule is COc1cc(Nc2ncc(F)c(N[C@H]3[C@@H](C(N)=O)[C@@H]4C=C[C@H]3C4)n2)cc(OC)c1OC. The van der Waals surface area contributed by atoms with Crippen LogP contribution >= 0.6 is 0 Å². The van der Waals surface area contributed by atoms with Gasteiger partial charge in [-0.2, -0.15) is 4.98 Å². The maximum absolute atomic E-state index is 14.5. The predicted octanol–water partition coefficient (Wildman–Crippen LogP) is 2.47. The van der Waals surface area contributed by atoms with Gasteiger partial charge in [0.15, 0.2) is 23.1 Å². The lowest BCUT2D eigenvalue weighted by molar-refractivity contribution is -0.122. The number of nitrogens with one attached hydrogen (secondary N) is 2. The summed E-state index contributed by atoms with van der Waals surface area (Å²) < 4.78 is 30.5. The molecule has 1 fully saturated rings. The molecule has 164 valence electrons. The number of aromatic nitrogens is 2. The topological polar surface area (TPSA) is 121 Å². The van der Waals surface area contributed by atoms with Gasteiger partial charge in [0.05, 0.1) is 33.4 Å². The van der Waals surface area contributed by atoms with Crippen LogP contribution in [0.4, 0.5) is 21.8 Å². The predicted molar refractivity (Wildman–Crippen MR) is 112 cm³/mol. The van der Waals surface area contributed by atoms with E-state index in [0.717, 1.165) is 12.6 Å². The Kier molecular flexibility index (Phi) is 5.53. The summed E-state index contributed by atoms with van der Waals surface area (Å²) in [5, 5.41) is 6.09. The molecular weight excluding hydrogens is 405 g/mol. The third-order valence-electron chi connectivity index (χ3n) is 5.76. The fourth-order valence-electron chi connectivity index (χ4n) is 4.38. The number of primary amides is 1. The van der Waals surface area contributed by atoms with Gasteiger partial charge in [-0.05, 0) is 18.3 Å². The highest BCUT2D eigenvalue weighted by atomic mass is 19.1. The molecule has 2 aliphatic rings. The summed E-state index contributed by atoms with van der Waals surface area (Å²) in [6.07, 6.45) is 5.93. The molecule has 0 saturated heterocycles. The van der Waals surface area contributed by atoms with E-state index in [0.29, 0.717) is 22.9 Å². The van der Waals surface area contributed by atoms with Crippen molar-refractivity contribution in [2.45, 2.75) is 12.5 Å². The van der Waals surface area contributed by atoms with Crippen molar-refractivity contribution >= 4 is 23.4 Å². The first-order chi connectivity index (χ1) is 14.9. The van der Waals surface area contributed by atoms with Crippen molar-refractivity contribution in [3.8, 4) is 17.2 Å². The van der Waals surface area contributed by atoms with Crippen molar-refractivity contribution in [1.29, 1.82) is 0 Å². The van der Waals surface area contributed by atoms with Gasteiger partial charge >= 0.3 is 0 Å². The molecule has 2 aromatic rings. The zero-order chi connectivity index (χ0) is 22.1. The number of allylic oxidation sites excluding steroid dienone is 1. The fourth-order valence-corrected chi connectivity index (χ4v) is 4.38. The van der Waals surface area contributed by atoms with Gasteiger partial charge in [-0.15, -0.1) is 0 Å². The number of hydrogen-bond acceptors (Lipinski definition) is 8. The highest BCUT2D eigenvalue weighted by molar-refractivity contribution is 5.79. The van der Waals surface area contributed by atoms with E-state index in [1.54, 1.807) is 12.1 Å². The Labute approximate surface area is 178 Å². The van der Waals surface area contributed by atoms with Crippen LogP contribution in [0.15, 0.2) is 30.5 Å². The summed E-state index contributed by atoms with van der Waals surface area (Å²) in [5.41, 5.74) is 6.15. The Balaban J connectivity index is 1.59. The van der Waals surface area contributed by atoms with Crippen LogP contribution in [-0.2, 0) is 4.79 Å². The molecule has 0 unspecified atom stereocenters. The summed E-state index contributed by atoms with van der Waals surface area (Å²) >= 11 is 0. The molecular formula is C21H24FN5O4. The zero-order valence-electron chi connectivity index (χ0n) is 17.4. The number of benzene rings is 1. The highest BCUT2D eigenvalue weighted by Gasteiger charge is 2.47. The molecule has 4 rings (SSSR count). The van der Waals surface area contributed by atoms with E-state index in [2.05, 4.69) is 20.6 Å². The van der Waals surface area contributed by atoms with E-state index in [-0.39, 0.29) is 29.6 Å². The Morgan fingerprint density at radius 1 is 1.13 bits per heavy atom. The number of ether oxygens (including phenoxy) is 3. The van der Waals surface area contributed by atoms with Crippen LogP contribution in [0.5, 0.6) is 17.2 Å². The van der Waals surface area contributed by atoms with Crippen LogP contribution in [0.3, 0.4) is 0 Å². The maximum Gasteiger partial charge on any atom is 0.229 e. The van der Waals surface area contributed by atoms with Gasteiger partial charge in [0.2, 0.25) is 17.6 Å². The number of anilines is 3. The second kappa shape index (κ2) is 8.29. The Morgan fingerprint density at radius 2 is 1.81 bits per heavy atom. The standard InChI is InChI=1S/C21H24FN5O4/c1-29-14-7-12(8-15(30-2)18(14)31-3)25-21-24-9-13(22)20(27-21)26-17-11-5-4-10(6-11)16(17)19(23)28/h4-5,7-11,16-17H,6H2,1-3H3,(H2,23,28)(H2,24,25,26,27)/t10-,11+,16+,17-/m1/s1. The van der Waals surface area contributed by atoms with Crippen molar-refractivity contribution in [2.75, 3.05) is 32.0 Å². The minimum Gasteiger partial charge on any atom is -0.493 e. The van der Waals surface area contributed by atoms with Crippen molar-refractivity contribution in [3.63, 3.8) is 0 Å². The largest absolute Gasteiger partial charge is 0.493 e. The highest BCUT2D eigenvalue weighted by Crippen LogP contribution is 2.45. The Bertz CT molecular complexity index is 1010. The summed E-state index contributed by atoms with van der Waals surface area (Å²) in [7, 11) is 4.53. The lowest BCUT2D eigenvalue weighted by atomic mass is 9.88. The second-order valence-electron chi connectivity index (χ2n) is 7.48. The van der Waals surface area contributed by atoms with Gasteiger partial charge in [-0.1, -0.05) is 12.2 Å². The van der Waals surface area contributed by atoms with Crippen molar-refractivity contribution in [1.82, 2.24) is 9.97 Å². The quantitative estimate of drug-likeness (QED) is 0.548. The summed E-state index contributed by atoms with van der Waals surface area (Å²) in [5.74, 6) is 0.242. The van der Waals surface area contributed by atoms with E-state index in [4.69, 9.17) is 19.9 Å². The Hall–Kier alpha value is -3.56. The Morgan fingerprint density at radius 3 is 2.42 bits per heavy atom. The van der Waals surface area contributed by atoms with Gasteiger partial charge in [0.25, 0.3) is 0 Å². The number of fused-ring (bicyclic) bond motifs is 2. The molecule has 4 atom stereocenters. The van der Waals surface area contributed by atoms with Crippen LogP contribution in [0.2, 0.25) is 0 Å². The smallest absolute Gasteiger partial charge is 0.229 e. The van der Waals surface area contributed by atoms with Crippen LogP contribution in [0.25, 0.3) is 0 Å². The van der Waals surface area contributed by atoms with Crippen molar-refractivity contribution in [3.05, 3.63) is 36.3 Å². The molecule has 1 aromatic carbocycles. The molecule has 1 amide bonds. The number of nitrogens with zero attached hydrogens (tertiary/aromatic N) is 2. The second-order valence-corrected chi connectivity index (χ2v) is 7.48. The number of carbonyl (C=O) groups is 1. The molecule has 4 N–H and O–H groups in total. The number of nitrogens with two attached hydrogens (primary N) is 1. The number of rotatable bonds is 8. The minimum absolute atomic E-state index is 0.00198.